The molecule has 4 nitrogen and oxygen atoms in total. The van der Waals surface area contributed by atoms with Crippen LogP contribution in [-0.4, -0.2) is 23.1 Å². The number of nitrogens with one attached hydrogen (secondary N) is 1. The summed E-state index contributed by atoms with van der Waals surface area (Å²) in [5.41, 5.74) is 6.22. The normalized spacial score (nSPS) is 12.5. The second kappa shape index (κ2) is 6.06. The van der Waals surface area contributed by atoms with E-state index in [1.165, 1.54) is 0 Å². The number of nitrogens with two attached hydrogens (primary N) is 1. The van der Waals surface area contributed by atoms with Gasteiger partial charge in [-0.2, -0.15) is 0 Å². The van der Waals surface area contributed by atoms with Crippen molar-refractivity contribution in [1.29, 1.82) is 0 Å². The topological polar surface area (TPSA) is 60.0 Å². The smallest absolute Gasteiger partial charge is 0.268 e. The van der Waals surface area contributed by atoms with Gasteiger partial charge in [0.1, 0.15) is 5.69 Å². The van der Waals surface area contributed by atoms with Crippen LogP contribution in [0.3, 0.4) is 0 Å². The summed E-state index contributed by atoms with van der Waals surface area (Å²) >= 11 is 3.37. The highest BCUT2D eigenvalue weighted by atomic mass is 79.9. The second-order valence-corrected chi connectivity index (χ2v) is 4.56. The number of aryl methyl sites for hydroxylation is 1. The van der Waals surface area contributed by atoms with Crippen molar-refractivity contribution in [2.75, 3.05) is 6.54 Å². The van der Waals surface area contributed by atoms with Crippen LogP contribution in [0.1, 0.15) is 30.8 Å². The molecule has 0 aliphatic rings. The Kier molecular flexibility index (Phi) is 5.02. The maximum atomic E-state index is 12.0. The molecule has 1 heterocycles. The van der Waals surface area contributed by atoms with E-state index in [-0.39, 0.29) is 11.9 Å². The van der Waals surface area contributed by atoms with Gasteiger partial charge < -0.3 is 15.6 Å². The number of nitrogens with zero attached hydrogens (tertiary/aromatic N) is 1. The number of rotatable bonds is 5. The zero-order chi connectivity index (χ0) is 12.1. The summed E-state index contributed by atoms with van der Waals surface area (Å²) in [5.74, 6) is -0.0650. The van der Waals surface area contributed by atoms with Crippen molar-refractivity contribution in [2.45, 2.75) is 32.9 Å². The molecule has 0 saturated heterocycles. The largest absolute Gasteiger partial charge is 0.347 e. The lowest BCUT2D eigenvalue weighted by atomic mass is 10.2. The van der Waals surface area contributed by atoms with Gasteiger partial charge >= 0.3 is 0 Å². The van der Waals surface area contributed by atoms with Gasteiger partial charge in [0.15, 0.2) is 0 Å². The van der Waals surface area contributed by atoms with E-state index in [9.17, 15) is 4.79 Å². The Labute approximate surface area is 104 Å². The van der Waals surface area contributed by atoms with E-state index in [0.29, 0.717) is 12.2 Å². The lowest BCUT2D eigenvalue weighted by molar-refractivity contribution is 0.0928. The third-order valence-corrected chi connectivity index (χ3v) is 2.98. The van der Waals surface area contributed by atoms with Crippen LogP contribution in [0.2, 0.25) is 0 Å². The van der Waals surface area contributed by atoms with Gasteiger partial charge in [-0.05, 0) is 35.3 Å². The molecule has 0 bridgehead atoms. The Morgan fingerprint density at radius 3 is 2.81 bits per heavy atom. The molecule has 1 rings (SSSR count). The van der Waals surface area contributed by atoms with Crippen molar-refractivity contribution in [2.24, 2.45) is 5.73 Å². The first-order valence-corrected chi connectivity index (χ1v) is 6.28. The molecule has 5 heteroatoms. The Morgan fingerprint density at radius 1 is 1.62 bits per heavy atom. The highest BCUT2D eigenvalue weighted by Gasteiger charge is 2.14. The minimum absolute atomic E-state index is 0.0477. The lowest BCUT2D eigenvalue weighted by Crippen LogP contribution is -2.40. The van der Waals surface area contributed by atoms with E-state index in [4.69, 9.17) is 5.73 Å². The molecule has 1 unspecified atom stereocenters. The monoisotopic (exact) mass is 287 g/mol. The summed E-state index contributed by atoms with van der Waals surface area (Å²) in [6.07, 6.45) is 2.74. The molecule has 1 aromatic rings. The molecule has 0 saturated carbocycles. The van der Waals surface area contributed by atoms with Gasteiger partial charge in [-0.15, -0.1) is 0 Å². The third kappa shape index (κ3) is 3.09. The molecular formula is C11H18BrN3O. The van der Waals surface area contributed by atoms with E-state index in [2.05, 4.69) is 21.2 Å². The van der Waals surface area contributed by atoms with Crippen molar-refractivity contribution < 1.29 is 4.79 Å². The number of hydrogen-bond donors (Lipinski definition) is 2. The summed E-state index contributed by atoms with van der Waals surface area (Å²) in [4.78, 5) is 12.0. The van der Waals surface area contributed by atoms with E-state index in [0.717, 1.165) is 17.4 Å². The molecule has 1 amide bonds. The fourth-order valence-electron chi connectivity index (χ4n) is 1.51. The SMILES string of the molecule is CCC(CN)NC(=O)c1cc(Br)cn1CC. The van der Waals surface area contributed by atoms with Gasteiger partial charge in [-0.25, -0.2) is 0 Å². The third-order valence-electron chi connectivity index (χ3n) is 2.55. The molecule has 0 radical (unpaired) electrons. The van der Waals surface area contributed by atoms with Crippen molar-refractivity contribution in [3.8, 4) is 0 Å². The van der Waals surface area contributed by atoms with Crippen molar-refractivity contribution in [3.05, 3.63) is 22.4 Å². The van der Waals surface area contributed by atoms with Crippen molar-refractivity contribution in [3.63, 3.8) is 0 Å². The molecule has 0 fully saturated rings. The van der Waals surface area contributed by atoms with Crippen LogP contribution in [-0.2, 0) is 6.54 Å². The van der Waals surface area contributed by atoms with Crippen LogP contribution in [0, 0.1) is 0 Å². The van der Waals surface area contributed by atoms with Crippen LogP contribution in [0.4, 0.5) is 0 Å². The highest BCUT2D eigenvalue weighted by Crippen LogP contribution is 2.15. The first kappa shape index (κ1) is 13.3. The molecule has 0 aromatic carbocycles. The Hall–Kier alpha value is -0.810. The Morgan fingerprint density at radius 2 is 2.31 bits per heavy atom. The van der Waals surface area contributed by atoms with Crippen LogP contribution < -0.4 is 11.1 Å². The predicted molar refractivity (Wildman–Crippen MR) is 68.4 cm³/mol. The number of halogens is 1. The standard InChI is InChI=1S/C11H18BrN3O/c1-3-9(6-13)14-11(16)10-5-8(12)7-15(10)4-2/h5,7,9H,3-4,6,13H2,1-2H3,(H,14,16). The quantitative estimate of drug-likeness (QED) is 0.867. The fourth-order valence-corrected chi connectivity index (χ4v) is 1.98. The number of amides is 1. The van der Waals surface area contributed by atoms with E-state index >= 15 is 0 Å². The van der Waals surface area contributed by atoms with Crippen LogP contribution >= 0.6 is 15.9 Å². The minimum Gasteiger partial charge on any atom is -0.347 e. The zero-order valence-electron chi connectivity index (χ0n) is 9.66. The summed E-state index contributed by atoms with van der Waals surface area (Å²) in [5, 5.41) is 2.92. The van der Waals surface area contributed by atoms with E-state index in [1.807, 2.05) is 30.7 Å². The van der Waals surface area contributed by atoms with Crippen LogP contribution in [0.15, 0.2) is 16.7 Å². The number of carbonyl (C=O) groups excluding carboxylic acids is 1. The molecule has 1 aromatic heterocycles. The van der Waals surface area contributed by atoms with Gasteiger partial charge in [0.2, 0.25) is 0 Å². The molecule has 16 heavy (non-hydrogen) atoms. The number of hydrogen-bond acceptors (Lipinski definition) is 2. The minimum atomic E-state index is -0.0650. The van der Waals surface area contributed by atoms with E-state index < -0.39 is 0 Å². The first-order chi connectivity index (χ1) is 7.62. The summed E-state index contributed by atoms with van der Waals surface area (Å²) in [6.45, 7) is 5.25. The maximum absolute atomic E-state index is 12.0. The molecule has 0 spiro atoms. The second-order valence-electron chi connectivity index (χ2n) is 3.64. The van der Waals surface area contributed by atoms with Gasteiger partial charge in [-0.3, -0.25) is 4.79 Å². The van der Waals surface area contributed by atoms with Gasteiger partial charge in [-0.1, -0.05) is 6.92 Å². The number of carbonyl (C=O) groups is 1. The van der Waals surface area contributed by atoms with Crippen molar-refractivity contribution >= 4 is 21.8 Å². The molecule has 90 valence electrons. The van der Waals surface area contributed by atoms with Crippen LogP contribution in [0.25, 0.3) is 0 Å². The number of aromatic nitrogens is 1. The fraction of sp³-hybridized carbons (Fsp3) is 0.545. The lowest BCUT2D eigenvalue weighted by Gasteiger charge is -2.15. The zero-order valence-corrected chi connectivity index (χ0v) is 11.3. The van der Waals surface area contributed by atoms with Gasteiger partial charge in [0, 0.05) is 29.8 Å². The first-order valence-electron chi connectivity index (χ1n) is 5.48. The van der Waals surface area contributed by atoms with Crippen LogP contribution in [0.5, 0.6) is 0 Å². The Balaban J connectivity index is 2.79. The summed E-state index contributed by atoms with van der Waals surface area (Å²) in [6, 6.07) is 1.87. The molecule has 0 aliphatic carbocycles. The highest BCUT2D eigenvalue weighted by molar-refractivity contribution is 9.10. The Bertz CT molecular complexity index is 358. The summed E-state index contributed by atoms with van der Waals surface area (Å²) in [7, 11) is 0. The average molecular weight is 288 g/mol. The summed E-state index contributed by atoms with van der Waals surface area (Å²) < 4.78 is 2.82. The van der Waals surface area contributed by atoms with Crippen molar-refractivity contribution in [1.82, 2.24) is 9.88 Å². The predicted octanol–water partition coefficient (Wildman–Crippen LogP) is 1.74. The van der Waals surface area contributed by atoms with Gasteiger partial charge in [0.25, 0.3) is 5.91 Å². The van der Waals surface area contributed by atoms with Gasteiger partial charge in [0.05, 0.1) is 0 Å². The molecular weight excluding hydrogens is 270 g/mol. The molecule has 3 N–H and O–H groups in total. The average Bonchev–Trinajstić information content (AvgIpc) is 2.67. The van der Waals surface area contributed by atoms with E-state index in [1.54, 1.807) is 0 Å². The molecule has 0 aliphatic heterocycles. The maximum Gasteiger partial charge on any atom is 0.268 e. The molecule has 1 atom stereocenters.